The number of benzene rings is 1. The third-order valence-electron chi connectivity index (χ3n) is 2.19. The van der Waals surface area contributed by atoms with Crippen LogP contribution in [0.1, 0.15) is 5.56 Å². The molecule has 0 N–H and O–H groups in total. The van der Waals surface area contributed by atoms with E-state index in [9.17, 15) is 13.2 Å². The van der Waals surface area contributed by atoms with Crippen LogP contribution in [-0.4, -0.2) is 27.5 Å². The predicted octanol–water partition coefficient (Wildman–Crippen LogP) is 2.82. The molecule has 1 aromatic carbocycles. The lowest BCUT2D eigenvalue weighted by molar-refractivity contribution is -0.127. The van der Waals surface area contributed by atoms with Gasteiger partial charge in [0, 0.05) is 17.7 Å². The van der Waals surface area contributed by atoms with E-state index in [-0.39, 0.29) is 17.1 Å². The monoisotopic (exact) mass is 250 g/mol. The second-order valence-electron chi connectivity index (χ2n) is 3.30. The topological polar surface area (TPSA) is 27.7 Å². The first-order chi connectivity index (χ1) is 7.91. The number of alkyl halides is 3. The lowest BCUT2D eigenvalue weighted by atomic mass is 10.1. The Morgan fingerprint density at radius 2 is 1.41 bits per heavy atom. The molecular weight excluding hydrogens is 237 g/mol. The summed E-state index contributed by atoms with van der Waals surface area (Å²) >= 11 is 0. The van der Waals surface area contributed by atoms with Crippen LogP contribution in [-0.2, 0) is 6.42 Å². The number of methoxy groups -OCH3 is 3. The van der Waals surface area contributed by atoms with E-state index in [4.69, 9.17) is 14.2 Å². The van der Waals surface area contributed by atoms with E-state index in [1.807, 2.05) is 0 Å². The van der Waals surface area contributed by atoms with Crippen LogP contribution in [0.25, 0.3) is 0 Å². The standard InChI is InChI=1S/C11H13F3O3/c1-15-7-4-9(16-2)8(6-11(12,13)14)10(5-7)17-3/h4-5H,6H2,1-3H3. The van der Waals surface area contributed by atoms with Crippen molar-refractivity contribution >= 4 is 0 Å². The molecule has 0 aliphatic heterocycles. The molecule has 1 rings (SSSR count). The van der Waals surface area contributed by atoms with Crippen LogP contribution in [0.3, 0.4) is 0 Å². The maximum Gasteiger partial charge on any atom is 0.393 e. The Bertz CT molecular complexity index is 363. The molecule has 0 heterocycles. The van der Waals surface area contributed by atoms with Crippen LogP contribution < -0.4 is 14.2 Å². The van der Waals surface area contributed by atoms with E-state index in [2.05, 4.69) is 0 Å². The molecule has 17 heavy (non-hydrogen) atoms. The molecule has 1 aromatic rings. The third-order valence-corrected chi connectivity index (χ3v) is 2.19. The third kappa shape index (κ3) is 3.44. The highest BCUT2D eigenvalue weighted by atomic mass is 19.4. The minimum atomic E-state index is -4.32. The molecule has 0 aliphatic carbocycles. The van der Waals surface area contributed by atoms with Crippen LogP contribution in [0, 0.1) is 0 Å². The van der Waals surface area contributed by atoms with E-state index >= 15 is 0 Å². The molecular formula is C11H13F3O3. The van der Waals surface area contributed by atoms with Gasteiger partial charge in [0.05, 0.1) is 27.8 Å². The summed E-state index contributed by atoms with van der Waals surface area (Å²) < 4.78 is 52.0. The Hall–Kier alpha value is -1.59. The SMILES string of the molecule is COc1cc(OC)c(CC(F)(F)F)c(OC)c1. The molecule has 0 aliphatic rings. The molecule has 0 atom stereocenters. The molecule has 3 nitrogen and oxygen atoms in total. The average Bonchev–Trinajstić information content (AvgIpc) is 2.27. The highest BCUT2D eigenvalue weighted by Gasteiger charge is 2.31. The maximum absolute atomic E-state index is 12.4. The lowest BCUT2D eigenvalue weighted by Crippen LogP contribution is -2.13. The number of ether oxygens (including phenoxy) is 3. The fourth-order valence-corrected chi connectivity index (χ4v) is 1.45. The summed E-state index contributed by atoms with van der Waals surface area (Å²) in [6.07, 6.45) is -5.43. The lowest BCUT2D eigenvalue weighted by Gasteiger charge is -2.16. The highest BCUT2D eigenvalue weighted by molar-refractivity contribution is 5.51. The molecule has 0 saturated heterocycles. The summed E-state index contributed by atoms with van der Waals surface area (Å²) in [5.41, 5.74) is -0.0386. The molecule has 0 aromatic heterocycles. The number of hydrogen-bond acceptors (Lipinski definition) is 3. The summed E-state index contributed by atoms with van der Waals surface area (Å²) in [5, 5.41) is 0. The van der Waals surface area contributed by atoms with Crippen molar-refractivity contribution in [3.05, 3.63) is 17.7 Å². The van der Waals surface area contributed by atoms with Gasteiger partial charge >= 0.3 is 6.18 Å². The predicted molar refractivity (Wildman–Crippen MR) is 55.9 cm³/mol. The van der Waals surface area contributed by atoms with Gasteiger partial charge in [-0.2, -0.15) is 13.2 Å². The molecule has 6 heteroatoms. The molecule has 0 bridgehead atoms. The van der Waals surface area contributed by atoms with Gasteiger partial charge < -0.3 is 14.2 Å². The number of rotatable bonds is 4. The molecule has 0 spiro atoms. The van der Waals surface area contributed by atoms with Crippen molar-refractivity contribution in [1.82, 2.24) is 0 Å². The first-order valence-electron chi connectivity index (χ1n) is 4.77. The molecule has 0 unspecified atom stereocenters. The van der Waals surface area contributed by atoms with E-state index in [1.54, 1.807) is 0 Å². The van der Waals surface area contributed by atoms with Crippen molar-refractivity contribution in [2.45, 2.75) is 12.6 Å². The summed E-state index contributed by atoms with van der Waals surface area (Å²) in [5.74, 6) is 0.571. The second-order valence-corrected chi connectivity index (χ2v) is 3.30. The minimum absolute atomic E-state index is 0.0386. The fraction of sp³-hybridized carbons (Fsp3) is 0.455. The van der Waals surface area contributed by atoms with E-state index in [1.165, 1.54) is 33.5 Å². The van der Waals surface area contributed by atoms with E-state index in [0.717, 1.165) is 0 Å². The summed E-state index contributed by atoms with van der Waals surface area (Å²) in [7, 11) is 4.01. The van der Waals surface area contributed by atoms with Crippen molar-refractivity contribution in [1.29, 1.82) is 0 Å². The molecule has 0 amide bonds. The van der Waals surface area contributed by atoms with Crippen molar-refractivity contribution < 1.29 is 27.4 Å². The van der Waals surface area contributed by atoms with Crippen LogP contribution in [0.4, 0.5) is 13.2 Å². The van der Waals surface area contributed by atoms with Crippen molar-refractivity contribution in [3.63, 3.8) is 0 Å². The van der Waals surface area contributed by atoms with Gasteiger partial charge in [-0.3, -0.25) is 0 Å². The van der Waals surface area contributed by atoms with Gasteiger partial charge in [0.2, 0.25) is 0 Å². The Morgan fingerprint density at radius 3 is 1.71 bits per heavy atom. The van der Waals surface area contributed by atoms with Gasteiger partial charge in [0.15, 0.2) is 0 Å². The first-order valence-corrected chi connectivity index (χ1v) is 4.77. The molecule has 96 valence electrons. The Balaban J connectivity index is 3.24. The second kappa shape index (κ2) is 5.16. The van der Waals surface area contributed by atoms with Crippen LogP contribution in [0.5, 0.6) is 17.2 Å². The van der Waals surface area contributed by atoms with Crippen LogP contribution >= 0.6 is 0 Å². The summed E-state index contributed by atoms with van der Waals surface area (Å²) in [4.78, 5) is 0. The van der Waals surface area contributed by atoms with Gasteiger partial charge in [-0.1, -0.05) is 0 Å². The Kier molecular flexibility index (Phi) is 4.09. The Labute approximate surface area is 97.1 Å². The van der Waals surface area contributed by atoms with Gasteiger partial charge in [-0.05, 0) is 0 Å². The zero-order valence-electron chi connectivity index (χ0n) is 9.72. The van der Waals surface area contributed by atoms with Gasteiger partial charge in [0.1, 0.15) is 17.2 Å². The Morgan fingerprint density at radius 1 is 0.941 bits per heavy atom. The van der Waals surface area contributed by atoms with Gasteiger partial charge in [-0.25, -0.2) is 0 Å². The zero-order valence-corrected chi connectivity index (χ0v) is 9.72. The summed E-state index contributed by atoms with van der Waals surface area (Å²) in [6, 6.07) is 2.78. The van der Waals surface area contributed by atoms with Crippen molar-refractivity contribution in [3.8, 4) is 17.2 Å². The van der Waals surface area contributed by atoms with E-state index < -0.39 is 12.6 Å². The van der Waals surface area contributed by atoms with E-state index in [0.29, 0.717) is 5.75 Å². The van der Waals surface area contributed by atoms with Crippen LogP contribution in [0.15, 0.2) is 12.1 Å². The molecule has 0 radical (unpaired) electrons. The average molecular weight is 250 g/mol. The fourth-order valence-electron chi connectivity index (χ4n) is 1.45. The highest BCUT2D eigenvalue weighted by Crippen LogP contribution is 2.37. The largest absolute Gasteiger partial charge is 0.496 e. The maximum atomic E-state index is 12.4. The number of halogens is 3. The quantitative estimate of drug-likeness (QED) is 0.822. The van der Waals surface area contributed by atoms with Crippen molar-refractivity contribution in [2.75, 3.05) is 21.3 Å². The van der Waals surface area contributed by atoms with Gasteiger partial charge in [0.25, 0.3) is 0 Å². The number of hydrogen-bond donors (Lipinski definition) is 0. The minimum Gasteiger partial charge on any atom is -0.496 e. The van der Waals surface area contributed by atoms with Gasteiger partial charge in [-0.15, -0.1) is 0 Å². The first kappa shape index (κ1) is 13.5. The smallest absolute Gasteiger partial charge is 0.393 e. The zero-order chi connectivity index (χ0) is 13.1. The molecule has 0 saturated carbocycles. The van der Waals surface area contributed by atoms with Crippen LogP contribution in [0.2, 0.25) is 0 Å². The molecule has 0 fully saturated rings. The normalized spacial score (nSPS) is 11.2. The summed E-state index contributed by atoms with van der Waals surface area (Å²) in [6.45, 7) is 0. The van der Waals surface area contributed by atoms with Crippen molar-refractivity contribution in [2.24, 2.45) is 0 Å².